The Labute approximate surface area is 188 Å². The minimum atomic E-state index is -1.47. The number of aliphatic hydroxyl groups is 1. The van der Waals surface area contributed by atoms with Crippen molar-refractivity contribution in [2.24, 2.45) is 11.3 Å². The van der Waals surface area contributed by atoms with E-state index in [1.54, 1.807) is 0 Å². The van der Waals surface area contributed by atoms with E-state index < -0.39 is 35.9 Å². The lowest BCUT2D eigenvalue weighted by molar-refractivity contribution is -0.156. The third-order valence-corrected chi connectivity index (χ3v) is 5.17. The Morgan fingerprint density at radius 2 is 1.59 bits per heavy atom. The van der Waals surface area contributed by atoms with Crippen LogP contribution in [-0.2, 0) is 25.5 Å². The average molecular weight is 442 g/mol. The molecule has 0 unspecified atom stereocenters. The minimum absolute atomic E-state index is 0.0531. The van der Waals surface area contributed by atoms with E-state index in [0.717, 1.165) is 16.7 Å². The van der Waals surface area contributed by atoms with Crippen molar-refractivity contribution in [3.05, 3.63) is 60.2 Å². The van der Waals surface area contributed by atoms with Gasteiger partial charge in [-0.1, -0.05) is 68.4 Å². The van der Waals surface area contributed by atoms with Gasteiger partial charge >= 0.3 is 17.8 Å². The first-order valence-electron chi connectivity index (χ1n) is 10.6. The molecule has 2 aromatic carbocycles. The number of ether oxygens (including phenoxy) is 1. The van der Waals surface area contributed by atoms with E-state index in [4.69, 9.17) is 4.74 Å². The maximum Gasteiger partial charge on any atom is 0.396 e. The molecular weight excluding hydrogens is 410 g/mol. The molecule has 2 rings (SSSR count). The van der Waals surface area contributed by atoms with Crippen molar-refractivity contribution >= 4 is 17.8 Å². The highest BCUT2D eigenvalue weighted by molar-refractivity contribution is 6.32. The van der Waals surface area contributed by atoms with Crippen LogP contribution in [0.4, 0.5) is 0 Å². The fourth-order valence-corrected chi connectivity index (χ4v) is 3.24. The summed E-state index contributed by atoms with van der Waals surface area (Å²) in [6.07, 6.45) is 0.240. The molecule has 2 atom stereocenters. The average Bonchev–Trinajstić information content (AvgIpc) is 2.78. The van der Waals surface area contributed by atoms with Crippen molar-refractivity contribution in [3.8, 4) is 11.1 Å². The van der Waals surface area contributed by atoms with Gasteiger partial charge in [-0.25, -0.2) is 4.79 Å². The number of carbonyl (C=O) groups is 3. The smallest absolute Gasteiger partial charge is 0.396 e. The monoisotopic (exact) mass is 441 g/mol. The summed E-state index contributed by atoms with van der Waals surface area (Å²) in [5.74, 6) is -3.04. The number of carboxylic acids is 1. The van der Waals surface area contributed by atoms with Crippen LogP contribution in [-0.4, -0.2) is 47.3 Å². The summed E-state index contributed by atoms with van der Waals surface area (Å²) < 4.78 is 4.97. The summed E-state index contributed by atoms with van der Waals surface area (Å²) in [4.78, 5) is 36.0. The molecule has 0 aliphatic rings. The quantitative estimate of drug-likeness (QED) is 0.386. The standard InChI is InChI=1S/C25H31NO6/c1-17(2)15-32-23(29)22(28)26-21(14-25(3,16-27)24(30)31)13-18-9-11-20(12-10-18)19-7-5-4-6-8-19/h4-12,17,21,27H,13-16H2,1-3H3,(H,26,28)(H,30,31)/t21-,25+/m1/s1. The first-order valence-corrected chi connectivity index (χ1v) is 10.6. The molecule has 0 aromatic heterocycles. The molecule has 0 fully saturated rings. The largest absolute Gasteiger partial charge is 0.481 e. The van der Waals surface area contributed by atoms with Gasteiger partial charge in [0.05, 0.1) is 18.6 Å². The summed E-state index contributed by atoms with van der Waals surface area (Å²) >= 11 is 0. The number of hydrogen-bond acceptors (Lipinski definition) is 5. The lowest BCUT2D eigenvalue weighted by atomic mass is 9.82. The number of carbonyl (C=O) groups excluding carboxylic acids is 2. The number of benzene rings is 2. The van der Waals surface area contributed by atoms with Crippen molar-refractivity contribution in [2.75, 3.05) is 13.2 Å². The van der Waals surface area contributed by atoms with E-state index >= 15 is 0 Å². The number of hydrogen-bond donors (Lipinski definition) is 3. The number of rotatable bonds is 10. The van der Waals surface area contributed by atoms with Gasteiger partial charge in [0.1, 0.15) is 0 Å². The summed E-state index contributed by atoms with van der Waals surface area (Å²) in [5, 5.41) is 21.8. The highest BCUT2D eigenvalue weighted by atomic mass is 16.5. The second kappa shape index (κ2) is 11.4. The van der Waals surface area contributed by atoms with Crippen LogP contribution in [0.2, 0.25) is 0 Å². The van der Waals surface area contributed by atoms with Crippen molar-refractivity contribution in [2.45, 2.75) is 39.7 Å². The molecule has 0 radical (unpaired) electrons. The maximum absolute atomic E-state index is 12.3. The zero-order valence-corrected chi connectivity index (χ0v) is 18.7. The molecule has 32 heavy (non-hydrogen) atoms. The maximum atomic E-state index is 12.3. The molecule has 2 aromatic rings. The summed E-state index contributed by atoms with van der Waals surface area (Å²) in [7, 11) is 0. The number of amides is 1. The number of esters is 1. The van der Waals surface area contributed by atoms with Gasteiger partial charge in [0.25, 0.3) is 0 Å². The van der Waals surface area contributed by atoms with Crippen LogP contribution >= 0.6 is 0 Å². The van der Waals surface area contributed by atoms with Gasteiger partial charge in [0.15, 0.2) is 0 Å². The van der Waals surface area contributed by atoms with Gasteiger partial charge in [-0.2, -0.15) is 0 Å². The van der Waals surface area contributed by atoms with Crippen LogP contribution in [0.1, 0.15) is 32.8 Å². The van der Waals surface area contributed by atoms with E-state index in [-0.39, 0.29) is 18.9 Å². The number of aliphatic carboxylic acids is 1. The number of nitrogens with one attached hydrogen (secondary N) is 1. The Morgan fingerprint density at radius 3 is 2.12 bits per heavy atom. The molecule has 0 bridgehead atoms. The van der Waals surface area contributed by atoms with Crippen LogP contribution in [0.5, 0.6) is 0 Å². The lowest BCUT2D eigenvalue weighted by Crippen LogP contribution is -2.46. The zero-order chi connectivity index (χ0) is 23.7. The van der Waals surface area contributed by atoms with Gasteiger partial charge in [-0.3, -0.25) is 9.59 Å². The second-order valence-electron chi connectivity index (χ2n) is 8.66. The molecule has 172 valence electrons. The third kappa shape index (κ3) is 7.20. The highest BCUT2D eigenvalue weighted by Crippen LogP contribution is 2.26. The van der Waals surface area contributed by atoms with E-state index in [1.807, 2.05) is 68.4 Å². The van der Waals surface area contributed by atoms with Gasteiger partial charge < -0.3 is 20.3 Å². The Bertz CT molecular complexity index is 910. The van der Waals surface area contributed by atoms with E-state index in [0.29, 0.717) is 6.42 Å². The predicted molar refractivity (Wildman–Crippen MR) is 121 cm³/mol. The van der Waals surface area contributed by atoms with Crippen molar-refractivity contribution < 1.29 is 29.3 Å². The Kier molecular flexibility index (Phi) is 8.96. The zero-order valence-electron chi connectivity index (χ0n) is 18.7. The van der Waals surface area contributed by atoms with Crippen LogP contribution in [0.15, 0.2) is 54.6 Å². The van der Waals surface area contributed by atoms with Crippen molar-refractivity contribution in [1.82, 2.24) is 5.32 Å². The van der Waals surface area contributed by atoms with Gasteiger partial charge in [-0.15, -0.1) is 0 Å². The van der Waals surface area contributed by atoms with Crippen LogP contribution in [0.3, 0.4) is 0 Å². The first-order chi connectivity index (χ1) is 15.1. The van der Waals surface area contributed by atoms with E-state index in [2.05, 4.69) is 5.32 Å². The third-order valence-electron chi connectivity index (χ3n) is 5.17. The van der Waals surface area contributed by atoms with E-state index in [1.165, 1.54) is 6.92 Å². The van der Waals surface area contributed by atoms with E-state index in [9.17, 15) is 24.6 Å². The molecular formula is C25H31NO6. The molecule has 7 nitrogen and oxygen atoms in total. The molecule has 0 saturated heterocycles. The van der Waals surface area contributed by atoms with Crippen LogP contribution in [0, 0.1) is 11.3 Å². The fraction of sp³-hybridized carbons (Fsp3) is 0.400. The fourth-order valence-electron chi connectivity index (χ4n) is 3.24. The SMILES string of the molecule is CC(C)COC(=O)C(=O)N[C@H](Cc1ccc(-c2ccccc2)cc1)C[C@@](C)(CO)C(=O)O. The minimum Gasteiger partial charge on any atom is -0.481 e. The molecule has 0 aliphatic heterocycles. The predicted octanol–water partition coefficient (Wildman–Crippen LogP) is 3.05. The Morgan fingerprint density at radius 1 is 1.00 bits per heavy atom. The van der Waals surface area contributed by atoms with Crippen LogP contribution < -0.4 is 5.32 Å². The molecule has 7 heteroatoms. The summed E-state index contributed by atoms with van der Waals surface area (Å²) in [6, 6.07) is 16.9. The second-order valence-corrected chi connectivity index (χ2v) is 8.66. The molecule has 0 heterocycles. The van der Waals surface area contributed by atoms with Gasteiger partial charge in [0, 0.05) is 6.04 Å². The summed E-state index contributed by atoms with van der Waals surface area (Å²) in [6.45, 7) is 4.63. The topological polar surface area (TPSA) is 113 Å². The highest BCUT2D eigenvalue weighted by Gasteiger charge is 2.36. The Balaban J connectivity index is 2.17. The molecule has 0 saturated carbocycles. The number of aliphatic hydroxyl groups excluding tert-OH is 1. The molecule has 0 spiro atoms. The molecule has 0 aliphatic carbocycles. The van der Waals surface area contributed by atoms with Crippen molar-refractivity contribution in [1.29, 1.82) is 0 Å². The van der Waals surface area contributed by atoms with Gasteiger partial charge in [0.2, 0.25) is 0 Å². The molecule has 1 amide bonds. The molecule has 3 N–H and O–H groups in total. The van der Waals surface area contributed by atoms with Gasteiger partial charge in [-0.05, 0) is 42.4 Å². The summed E-state index contributed by atoms with van der Waals surface area (Å²) in [5.41, 5.74) is 1.48. The van der Waals surface area contributed by atoms with Crippen LogP contribution in [0.25, 0.3) is 11.1 Å². The lowest BCUT2D eigenvalue weighted by Gasteiger charge is -2.28. The normalized spacial score (nSPS) is 13.8. The first kappa shape index (κ1) is 25.1. The Hall–Kier alpha value is -3.19. The number of carboxylic acid groups (broad SMARTS) is 1. The van der Waals surface area contributed by atoms with Crippen molar-refractivity contribution in [3.63, 3.8) is 0 Å².